The van der Waals surface area contributed by atoms with Crippen LogP contribution >= 0.6 is 11.8 Å². The highest BCUT2D eigenvalue weighted by atomic mass is 32.2. The molecule has 11 heavy (non-hydrogen) atoms. The monoisotopic (exact) mass is 172 g/mol. The highest BCUT2D eigenvalue weighted by molar-refractivity contribution is 7.99. The smallest absolute Gasteiger partial charge is 0.132 e. The lowest BCUT2D eigenvalue weighted by atomic mass is 10.1. The fourth-order valence-electron chi connectivity index (χ4n) is 1.28. The molecule has 0 aromatic heterocycles. The van der Waals surface area contributed by atoms with Gasteiger partial charge in [0.2, 0.25) is 0 Å². The number of hydrogen-bond acceptors (Lipinski definition) is 2. The lowest BCUT2D eigenvalue weighted by Gasteiger charge is -2.05. The van der Waals surface area contributed by atoms with E-state index in [1.165, 1.54) is 24.3 Å². The lowest BCUT2D eigenvalue weighted by Crippen LogP contribution is -2.00. The molecule has 1 fully saturated rings. The van der Waals surface area contributed by atoms with Gasteiger partial charge in [0.25, 0.3) is 0 Å². The summed E-state index contributed by atoms with van der Waals surface area (Å²) in [7, 11) is 0. The number of carbonyl (C=O) groups is 1. The van der Waals surface area contributed by atoms with Crippen molar-refractivity contribution in [2.45, 2.75) is 38.5 Å². The third-order valence-electron chi connectivity index (χ3n) is 1.99. The first-order valence-electron chi connectivity index (χ1n) is 4.49. The molecule has 1 heterocycles. The zero-order chi connectivity index (χ0) is 7.94. The molecule has 1 aliphatic rings. The van der Waals surface area contributed by atoms with E-state index in [0.29, 0.717) is 5.78 Å². The first-order valence-corrected chi connectivity index (χ1v) is 5.64. The summed E-state index contributed by atoms with van der Waals surface area (Å²) in [6, 6.07) is 0. The van der Waals surface area contributed by atoms with Gasteiger partial charge in [-0.15, -0.1) is 0 Å². The molecule has 0 atom stereocenters. The Morgan fingerprint density at radius 1 is 0.909 bits per heavy atom. The van der Waals surface area contributed by atoms with Crippen LogP contribution in [0, 0.1) is 0 Å². The number of rotatable bonds is 0. The van der Waals surface area contributed by atoms with E-state index in [9.17, 15) is 4.79 Å². The van der Waals surface area contributed by atoms with Gasteiger partial charge in [-0.2, -0.15) is 11.8 Å². The Kier molecular flexibility index (Phi) is 4.67. The summed E-state index contributed by atoms with van der Waals surface area (Å²) in [5.41, 5.74) is 0. The molecule has 0 unspecified atom stereocenters. The molecular weight excluding hydrogens is 156 g/mol. The largest absolute Gasteiger partial charge is 0.300 e. The van der Waals surface area contributed by atoms with Gasteiger partial charge >= 0.3 is 0 Å². The first kappa shape index (κ1) is 9.11. The van der Waals surface area contributed by atoms with Crippen LogP contribution in [0.3, 0.4) is 0 Å². The van der Waals surface area contributed by atoms with Crippen molar-refractivity contribution in [3.63, 3.8) is 0 Å². The number of thioether (sulfide) groups is 1. The van der Waals surface area contributed by atoms with Crippen molar-refractivity contribution >= 4 is 17.5 Å². The van der Waals surface area contributed by atoms with Crippen LogP contribution in [0.2, 0.25) is 0 Å². The second-order valence-corrected chi connectivity index (χ2v) is 4.29. The summed E-state index contributed by atoms with van der Waals surface area (Å²) in [6.07, 6.45) is 6.37. The predicted molar refractivity (Wildman–Crippen MR) is 50.0 cm³/mol. The highest BCUT2D eigenvalue weighted by Crippen LogP contribution is 2.13. The molecular formula is C9H16OS. The Bertz CT molecular complexity index is 111. The van der Waals surface area contributed by atoms with Crippen molar-refractivity contribution in [1.82, 2.24) is 0 Å². The molecule has 0 N–H and O–H groups in total. The van der Waals surface area contributed by atoms with Gasteiger partial charge < -0.3 is 0 Å². The van der Waals surface area contributed by atoms with Crippen molar-refractivity contribution in [2.24, 2.45) is 0 Å². The number of ketones is 1. The van der Waals surface area contributed by atoms with E-state index < -0.39 is 0 Å². The highest BCUT2D eigenvalue weighted by Gasteiger charge is 2.03. The van der Waals surface area contributed by atoms with E-state index >= 15 is 0 Å². The van der Waals surface area contributed by atoms with Gasteiger partial charge in [-0.1, -0.05) is 0 Å². The zero-order valence-electron chi connectivity index (χ0n) is 6.97. The second-order valence-electron chi connectivity index (χ2n) is 3.07. The summed E-state index contributed by atoms with van der Waals surface area (Å²) < 4.78 is 0. The lowest BCUT2D eigenvalue weighted by molar-refractivity contribution is -0.119. The Labute approximate surface area is 72.9 Å². The van der Waals surface area contributed by atoms with Crippen LogP contribution in [0.25, 0.3) is 0 Å². The fraction of sp³-hybridized carbons (Fsp3) is 0.889. The van der Waals surface area contributed by atoms with Gasteiger partial charge in [0, 0.05) is 12.8 Å². The quantitative estimate of drug-likeness (QED) is 0.559. The molecule has 0 spiro atoms. The molecule has 0 aromatic carbocycles. The van der Waals surface area contributed by atoms with Crippen LogP contribution in [0.5, 0.6) is 0 Å². The maximum absolute atomic E-state index is 11.1. The number of carbonyl (C=O) groups excluding carboxylic acids is 1. The topological polar surface area (TPSA) is 17.1 Å². The third kappa shape index (κ3) is 4.46. The van der Waals surface area contributed by atoms with Crippen molar-refractivity contribution in [2.75, 3.05) is 11.5 Å². The van der Waals surface area contributed by atoms with Crippen LogP contribution in [-0.4, -0.2) is 17.3 Å². The molecule has 0 amide bonds. The van der Waals surface area contributed by atoms with Crippen LogP contribution in [0.4, 0.5) is 0 Å². The average molecular weight is 172 g/mol. The number of Topliss-reactive ketones (excluding diaryl/α,β-unsaturated/α-hetero) is 1. The molecule has 1 nitrogen and oxygen atoms in total. The average Bonchev–Trinajstić information content (AvgIpc) is 2.03. The van der Waals surface area contributed by atoms with Crippen molar-refractivity contribution in [1.29, 1.82) is 0 Å². The van der Waals surface area contributed by atoms with Crippen LogP contribution < -0.4 is 0 Å². The Morgan fingerprint density at radius 3 is 2.00 bits per heavy atom. The van der Waals surface area contributed by atoms with Gasteiger partial charge in [-0.05, 0) is 37.2 Å². The predicted octanol–water partition coefficient (Wildman–Crippen LogP) is 2.64. The van der Waals surface area contributed by atoms with E-state index in [-0.39, 0.29) is 0 Å². The molecule has 1 saturated heterocycles. The molecule has 64 valence electrons. The molecule has 0 aromatic rings. The van der Waals surface area contributed by atoms with Gasteiger partial charge in [-0.25, -0.2) is 0 Å². The maximum atomic E-state index is 11.1. The van der Waals surface area contributed by atoms with Crippen molar-refractivity contribution in [3.8, 4) is 0 Å². The van der Waals surface area contributed by atoms with Gasteiger partial charge in [0.05, 0.1) is 0 Å². The van der Waals surface area contributed by atoms with E-state index in [1.54, 1.807) is 0 Å². The minimum absolute atomic E-state index is 0.483. The van der Waals surface area contributed by atoms with Crippen LogP contribution in [-0.2, 0) is 4.79 Å². The molecule has 1 aliphatic heterocycles. The van der Waals surface area contributed by atoms with Crippen molar-refractivity contribution in [3.05, 3.63) is 0 Å². The first-order chi connectivity index (χ1) is 5.39. The van der Waals surface area contributed by atoms with Crippen molar-refractivity contribution < 1.29 is 4.79 Å². The van der Waals surface area contributed by atoms with Gasteiger partial charge in [0.1, 0.15) is 5.78 Å². The number of hydrogen-bond donors (Lipinski definition) is 0. The summed E-state index contributed by atoms with van der Waals surface area (Å²) in [5, 5.41) is 0. The zero-order valence-corrected chi connectivity index (χ0v) is 7.79. The summed E-state index contributed by atoms with van der Waals surface area (Å²) in [4.78, 5) is 11.1. The molecule has 0 radical (unpaired) electrons. The normalized spacial score (nSPS) is 23.1. The molecule has 0 aliphatic carbocycles. The maximum Gasteiger partial charge on any atom is 0.132 e. The van der Waals surface area contributed by atoms with E-state index in [0.717, 1.165) is 25.7 Å². The summed E-state index contributed by atoms with van der Waals surface area (Å²) >= 11 is 2.04. The molecule has 2 heteroatoms. The minimum atomic E-state index is 0.483. The Hall–Kier alpha value is 0.0200. The third-order valence-corrected chi connectivity index (χ3v) is 3.14. The fourth-order valence-corrected chi connectivity index (χ4v) is 2.30. The van der Waals surface area contributed by atoms with E-state index in [2.05, 4.69) is 0 Å². The van der Waals surface area contributed by atoms with Gasteiger partial charge in [0.15, 0.2) is 0 Å². The standard InChI is InChI=1S/C9H16OS/c10-9-5-1-3-7-11-8-4-2-6-9/h1-8H2. The molecule has 0 saturated carbocycles. The minimum Gasteiger partial charge on any atom is -0.300 e. The molecule has 0 bridgehead atoms. The molecule has 1 rings (SSSR count). The van der Waals surface area contributed by atoms with Gasteiger partial charge in [-0.3, -0.25) is 4.79 Å². The van der Waals surface area contributed by atoms with Crippen LogP contribution in [0.15, 0.2) is 0 Å². The summed E-state index contributed by atoms with van der Waals surface area (Å²) in [5.74, 6) is 3.00. The van der Waals surface area contributed by atoms with E-state index in [1.807, 2.05) is 11.8 Å². The second kappa shape index (κ2) is 5.64. The Balaban J connectivity index is 2.17. The summed E-state index contributed by atoms with van der Waals surface area (Å²) in [6.45, 7) is 0. The Morgan fingerprint density at radius 2 is 1.45 bits per heavy atom. The SMILES string of the molecule is O=C1CCCCSCCCC1. The van der Waals surface area contributed by atoms with Crippen LogP contribution in [0.1, 0.15) is 38.5 Å². The van der Waals surface area contributed by atoms with E-state index in [4.69, 9.17) is 0 Å².